The molecule has 2 aromatic rings. The van der Waals surface area contributed by atoms with Gasteiger partial charge in [-0.3, -0.25) is 4.79 Å². The van der Waals surface area contributed by atoms with Crippen LogP contribution in [0.25, 0.3) is 0 Å². The highest BCUT2D eigenvalue weighted by Crippen LogP contribution is 2.33. The Balaban J connectivity index is 2.00. The fourth-order valence-corrected chi connectivity index (χ4v) is 2.49. The first-order valence-electron chi connectivity index (χ1n) is 6.51. The summed E-state index contributed by atoms with van der Waals surface area (Å²) < 4.78 is 5.38. The number of benzene rings is 2. The van der Waals surface area contributed by atoms with Crippen LogP contribution in [-0.4, -0.2) is 12.5 Å². The van der Waals surface area contributed by atoms with Crippen molar-refractivity contribution in [2.45, 2.75) is 13.8 Å². The molecule has 0 saturated carbocycles. The minimum atomic E-state index is -0.283. The largest absolute Gasteiger partial charge is 0.482 e. The van der Waals surface area contributed by atoms with Crippen LogP contribution in [-0.2, 0) is 4.79 Å². The van der Waals surface area contributed by atoms with E-state index < -0.39 is 0 Å². The zero-order valence-electron chi connectivity index (χ0n) is 12.0. The third-order valence-corrected chi connectivity index (χ3v) is 4.01. The Labute approximate surface area is 144 Å². The molecule has 0 saturated heterocycles. The quantitative estimate of drug-likeness (QED) is 0.755. The fourth-order valence-electron chi connectivity index (χ4n) is 1.90. The molecule has 1 N–H and O–H groups in total. The lowest BCUT2D eigenvalue weighted by Gasteiger charge is -2.11. The van der Waals surface area contributed by atoms with Crippen molar-refractivity contribution in [1.82, 2.24) is 0 Å². The summed E-state index contributed by atoms with van der Waals surface area (Å²) >= 11 is 17.7. The van der Waals surface area contributed by atoms with E-state index in [4.69, 9.17) is 39.5 Å². The zero-order valence-corrected chi connectivity index (χ0v) is 14.3. The summed E-state index contributed by atoms with van der Waals surface area (Å²) in [6, 6.07) is 8.74. The van der Waals surface area contributed by atoms with Crippen molar-refractivity contribution in [1.29, 1.82) is 0 Å². The van der Waals surface area contributed by atoms with Crippen LogP contribution in [0, 0.1) is 13.8 Å². The number of carbonyl (C=O) groups excluding carboxylic acids is 1. The molecule has 6 heteroatoms. The van der Waals surface area contributed by atoms with Crippen LogP contribution in [0.2, 0.25) is 15.1 Å². The van der Waals surface area contributed by atoms with Crippen LogP contribution in [0.3, 0.4) is 0 Å². The van der Waals surface area contributed by atoms with E-state index in [1.54, 1.807) is 0 Å². The van der Waals surface area contributed by atoms with Gasteiger partial charge < -0.3 is 10.1 Å². The number of hydrogen-bond acceptors (Lipinski definition) is 2. The first-order valence-corrected chi connectivity index (χ1v) is 7.64. The lowest BCUT2D eigenvalue weighted by molar-refractivity contribution is -0.118. The van der Waals surface area contributed by atoms with Gasteiger partial charge in [0.15, 0.2) is 6.61 Å². The summed E-state index contributed by atoms with van der Waals surface area (Å²) in [6.45, 7) is 3.75. The molecule has 0 fully saturated rings. The van der Waals surface area contributed by atoms with E-state index in [1.807, 2.05) is 32.0 Å². The molecule has 116 valence electrons. The SMILES string of the molecule is Cc1ccc(NC(=O)COc2cc(Cl)c(Cl)cc2Cl)c(C)c1. The number of halogens is 3. The van der Waals surface area contributed by atoms with Crippen molar-refractivity contribution < 1.29 is 9.53 Å². The van der Waals surface area contributed by atoms with Crippen LogP contribution in [0.5, 0.6) is 5.75 Å². The molecule has 2 aromatic carbocycles. The van der Waals surface area contributed by atoms with E-state index in [0.717, 1.165) is 16.8 Å². The average molecular weight is 359 g/mol. The number of nitrogens with one attached hydrogen (secondary N) is 1. The van der Waals surface area contributed by atoms with E-state index >= 15 is 0 Å². The van der Waals surface area contributed by atoms with Gasteiger partial charge in [0.2, 0.25) is 0 Å². The van der Waals surface area contributed by atoms with Crippen molar-refractivity contribution >= 4 is 46.4 Å². The van der Waals surface area contributed by atoms with Gasteiger partial charge >= 0.3 is 0 Å². The predicted molar refractivity (Wildman–Crippen MR) is 91.5 cm³/mol. The molecule has 0 aliphatic heterocycles. The van der Waals surface area contributed by atoms with Gasteiger partial charge in [0.05, 0.1) is 15.1 Å². The van der Waals surface area contributed by atoms with Crippen LogP contribution in [0.15, 0.2) is 30.3 Å². The van der Waals surface area contributed by atoms with Crippen molar-refractivity contribution in [2.75, 3.05) is 11.9 Å². The fraction of sp³-hybridized carbons (Fsp3) is 0.188. The zero-order chi connectivity index (χ0) is 16.3. The van der Waals surface area contributed by atoms with Crippen molar-refractivity contribution in [3.05, 3.63) is 56.5 Å². The van der Waals surface area contributed by atoms with E-state index in [2.05, 4.69) is 5.32 Å². The lowest BCUT2D eigenvalue weighted by atomic mass is 10.1. The van der Waals surface area contributed by atoms with Gasteiger partial charge in [-0.15, -0.1) is 0 Å². The highest BCUT2D eigenvalue weighted by molar-refractivity contribution is 6.43. The minimum absolute atomic E-state index is 0.176. The van der Waals surface area contributed by atoms with E-state index in [0.29, 0.717) is 20.8 Å². The number of amides is 1. The number of ether oxygens (including phenoxy) is 1. The minimum Gasteiger partial charge on any atom is -0.482 e. The third-order valence-electron chi connectivity index (χ3n) is 2.99. The van der Waals surface area contributed by atoms with Gasteiger partial charge in [-0.05, 0) is 31.5 Å². The normalized spacial score (nSPS) is 10.4. The van der Waals surface area contributed by atoms with E-state index in [-0.39, 0.29) is 12.5 Å². The summed E-state index contributed by atoms with van der Waals surface area (Å²) in [5.41, 5.74) is 2.87. The van der Waals surface area contributed by atoms with Gasteiger partial charge in [0.1, 0.15) is 5.75 Å². The Morgan fingerprint density at radius 1 is 1.05 bits per heavy atom. The predicted octanol–water partition coefficient (Wildman–Crippen LogP) is 5.28. The van der Waals surface area contributed by atoms with Crippen LogP contribution in [0.4, 0.5) is 5.69 Å². The van der Waals surface area contributed by atoms with Gasteiger partial charge in [-0.25, -0.2) is 0 Å². The molecule has 0 aliphatic rings. The highest BCUT2D eigenvalue weighted by atomic mass is 35.5. The van der Waals surface area contributed by atoms with Crippen LogP contribution in [0.1, 0.15) is 11.1 Å². The molecule has 0 heterocycles. The van der Waals surface area contributed by atoms with E-state index in [1.165, 1.54) is 12.1 Å². The topological polar surface area (TPSA) is 38.3 Å². The highest BCUT2D eigenvalue weighted by Gasteiger charge is 2.10. The molecule has 0 aromatic heterocycles. The summed E-state index contributed by atoms with van der Waals surface area (Å²) in [5.74, 6) is 0.0286. The average Bonchev–Trinajstić information content (AvgIpc) is 2.44. The molecular formula is C16H14Cl3NO2. The van der Waals surface area contributed by atoms with Gasteiger partial charge in [-0.1, -0.05) is 52.5 Å². The number of hydrogen-bond donors (Lipinski definition) is 1. The number of aryl methyl sites for hydroxylation is 2. The molecular weight excluding hydrogens is 345 g/mol. The smallest absolute Gasteiger partial charge is 0.262 e. The van der Waals surface area contributed by atoms with Crippen LogP contribution >= 0.6 is 34.8 Å². The Bertz CT molecular complexity index is 717. The van der Waals surface area contributed by atoms with E-state index in [9.17, 15) is 4.79 Å². The molecule has 0 spiro atoms. The van der Waals surface area contributed by atoms with Gasteiger partial charge in [-0.2, -0.15) is 0 Å². The molecule has 2 rings (SSSR count). The van der Waals surface area contributed by atoms with Gasteiger partial charge in [0, 0.05) is 11.8 Å². The summed E-state index contributed by atoms with van der Waals surface area (Å²) in [7, 11) is 0. The molecule has 0 bridgehead atoms. The molecule has 0 aliphatic carbocycles. The maximum absolute atomic E-state index is 11.9. The maximum Gasteiger partial charge on any atom is 0.262 e. The lowest BCUT2D eigenvalue weighted by Crippen LogP contribution is -2.20. The molecule has 3 nitrogen and oxygen atoms in total. The second-order valence-corrected chi connectivity index (χ2v) is 6.07. The molecule has 0 radical (unpaired) electrons. The first-order chi connectivity index (χ1) is 10.4. The van der Waals surface area contributed by atoms with Crippen molar-refractivity contribution in [3.8, 4) is 5.75 Å². The Morgan fingerprint density at radius 3 is 2.41 bits per heavy atom. The molecule has 0 atom stereocenters. The summed E-state index contributed by atoms with van der Waals surface area (Å²) in [5, 5.41) is 3.73. The Morgan fingerprint density at radius 2 is 1.73 bits per heavy atom. The summed E-state index contributed by atoms with van der Waals surface area (Å²) in [4.78, 5) is 11.9. The van der Waals surface area contributed by atoms with Gasteiger partial charge in [0.25, 0.3) is 5.91 Å². The van der Waals surface area contributed by atoms with Crippen LogP contribution < -0.4 is 10.1 Å². The Hall–Kier alpha value is -1.42. The Kier molecular flexibility index (Phi) is 5.57. The number of carbonyl (C=O) groups is 1. The maximum atomic E-state index is 11.9. The third kappa shape index (κ3) is 4.29. The second-order valence-electron chi connectivity index (χ2n) is 4.85. The number of anilines is 1. The first kappa shape index (κ1) is 16.9. The van der Waals surface area contributed by atoms with Crippen molar-refractivity contribution in [2.24, 2.45) is 0 Å². The summed E-state index contributed by atoms with van der Waals surface area (Å²) in [6.07, 6.45) is 0. The monoisotopic (exact) mass is 357 g/mol. The second kappa shape index (κ2) is 7.23. The number of rotatable bonds is 4. The molecule has 1 amide bonds. The molecule has 0 unspecified atom stereocenters. The van der Waals surface area contributed by atoms with Crippen molar-refractivity contribution in [3.63, 3.8) is 0 Å². The molecule has 22 heavy (non-hydrogen) atoms. The standard InChI is InChI=1S/C16H14Cl3NO2/c1-9-3-4-14(10(2)5-9)20-16(21)8-22-15-7-12(18)11(17)6-13(15)19/h3-7H,8H2,1-2H3,(H,20,21).